The standard InChI is InChI=1S/C23H27N5O3/c29-21(24-17-9-10-17)19-8-4-12-27(19)22(30)18-14-20-23(31)26(11-5-13-28(20)25-18)15-16-6-2-1-3-7-16/h1-3,6-7,14,17,19H,4-5,8-13,15H2,(H,24,29). The predicted octanol–water partition coefficient (Wildman–Crippen LogP) is 1.81. The number of amides is 3. The van der Waals surface area contributed by atoms with Gasteiger partial charge in [0.2, 0.25) is 5.91 Å². The number of carbonyl (C=O) groups excluding carboxylic acids is 3. The molecule has 1 N–H and O–H groups in total. The van der Waals surface area contributed by atoms with E-state index < -0.39 is 6.04 Å². The summed E-state index contributed by atoms with van der Waals surface area (Å²) in [5.41, 5.74) is 1.76. The van der Waals surface area contributed by atoms with Crippen molar-refractivity contribution in [3.63, 3.8) is 0 Å². The van der Waals surface area contributed by atoms with Gasteiger partial charge in [0.15, 0.2) is 5.69 Å². The van der Waals surface area contributed by atoms with Crippen molar-refractivity contribution in [3.8, 4) is 0 Å². The van der Waals surface area contributed by atoms with Gasteiger partial charge < -0.3 is 15.1 Å². The third-order valence-electron chi connectivity index (χ3n) is 6.26. The smallest absolute Gasteiger partial charge is 0.275 e. The highest BCUT2D eigenvalue weighted by Crippen LogP contribution is 2.24. The Hall–Kier alpha value is -3.16. The minimum absolute atomic E-state index is 0.0702. The lowest BCUT2D eigenvalue weighted by Crippen LogP contribution is -2.46. The van der Waals surface area contributed by atoms with E-state index in [0.717, 1.165) is 31.2 Å². The molecule has 2 aliphatic heterocycles. The van der Waals surface area contributed by atoms with Gasteiger partial charge in [-0.25, -0.2) is 0 Å². The van der Waals surface area contributed by atoms with Crippen LogP contribution in [0, 0.1) is 0 Å². The number of aryl methyl sites for hydroxylation is 1. The molecule has 1 aromatic carbocycles. The van der Waals surface area contributed by atoms with Crippen LogP contribution in [0.15, 0.2) is 36.4 Å². The SMILES string of the molecule is O=C(NC1CC1)C1CCCN1C(=O)c1cc2n(n1)CCCN(Cc1ccccc1)C2=O. The average Bonchev–Trinajstić information content (AvgIpc) is 3.32. The van der Waals surface area contributed by atoms with Gasteiger partial charge in [0.25, 0.3) is 11.8 Å². The van der Waals surface area contributed by atoms with Crippen LogP contribution in [-0.2, 0) is 17.9 Å². The maximum absolute atomic E-state index is 13.2. The molecule has 8 heteroatoms. The summed E-state index contributed by atoms with van der Waals surface area (Å²) in [4.78, 5) is 42.4. The molecule has 0 bridgehead atoms. The summed E-state index contributed by atoms with van der Waals surface area (Å²) in [5.74, 6) is -0.451. The fraction of sp³-hybridized carbons (Fsp3) is 0.478. The van der Waals surface area contributed by atoms with E-state index in [1.165, 1.54) is 0 Å². The fourth-order valence-electron chi connectivity index (χ4n) is 4.45. The van der Waals surface area contributed by atoms with Gasteiger partial charge in [0.05, 0.1) is 0 Å². The number of rotatable bonds is 5. The average molecular weight is 422 g/mol. The number of hydrogen-bond donors (Lipinski definition) is 1. The summed E-state index contributed by atoms with van der Waals surface area (Å²) < 4.78 is 1.65. The van der Waals surface area contributed by atoms with Gasteiger partial charge in [-0.3, -0.25) is 19.1 Å². The van der Waals surface area contributed by atoms with Crippen LogP contribution >= 0.6 is 0 Å². The molecular formula is C23H27N5O3. The minimum Gasteiger partial charge on any atom is -0.352 e. The zero-order chi connectivity index (χ0) is 21.4. The first-order valence-corrected chi connectivity index (χ1v) is 11.1. The van der Waals surface area contributed by atoms with Gasteiger partial charge in [-0.1, -0.05) is 30.3 Å². The molecular weight excluding hydrogens is 394 g/mol. The Labute approximate surface area is 181 Å². The number of fused-ring (bicyclic) bond motifs is 1. The van der Waals surface area contributed by atoms with Crippen molar-refractivity contribution >= 4 is 17.7 Å². The first kappa shape index (κ1) is 19.8. The summed E-state index contributed by atoms with van der Waals surface area (Å²) in [6.07, 6.45) is 4.27. The molecule has 1 saturated carbocycles. The quantitative estimate of drug-likeness (QED) is 0.798. The summed E-state index contributed by atoms with van der Waals surface area (Å²) in [5, 5.41) is 7.47. The minimum atomic E-state index is -0.445. The molecule has 31 heavy (non-hydrogen) atoms. The molecule has 3 heterocycles. The Balaban J connectivity index is 1.33. The zero-order valence-corrected chi connectivity index (χ0v) is 17.5. The van der Waals surface area contributed by atoms with Gasteiger partial charge in [0.1, 0.15) is 11.7 Å². The van der Waals surface area contributed by atoms with E-state index in [1.54, 1.807) is 15.6 Å². The van der Waals surface area contributed by atoms with E-state index in [2.05, 4.69) is 10.4 Å². The van der Waals surface area contributed by atoms with Crippen LogP contribution in [0.4, 0.5) is 0 Å². The first-order valence-electron chi connectivity index (χ1n) is 11.1. The molecule has 2 aromatic rings. The van der Waals surface area contributed by atoms with Gasteiger partial charge >= 0.3 is 0 Å². The molecule has 0 spiro atoms. The molecule has 1 unspecified atom stereocenters. The predicted molar refractivity (Wildman–Crippen MR) is 113 cm³/mol. The van der Waals surface area contributed by atoms with Crippen molar-refractivity contribution in [1.82, 2.24) is 24.9 Å². The van der Waals surface area contributed by atoms with E-state index in [9.17, 15) is 14.4 Å². The van der Waals surface area contributed by atoms with Gasteiger partial charge in [-0.2, -0.15) is 5.10 Å². The Bertz CT molecular complexity index is 998. The zero-order valence-electron chi connectivity index (χ0n) is 17.5. The number of aromatic nitrogens is 2. The molecule has 8 nitrogen and oxygen atoms in total. The van der Waals surface area contributed by atoms with Crippen LogP contribution in [0.5, 0.6) is 0 Å². The molecule has 2 fully saturated rings. The van der Waals surface area contributed by atoms with E-state index in [-0.39, 0.29) is 29.5 Å². The number of benzene rings is 1. The van der Waals surface area contributed by atoms with Gasteiger partial charge in [-0.15, -0.1) is 0 Å². The Morgan fingerprint density at radius 1 is 1.03 bits per heavy atom. The van der Waals surface area contributed by atoms with Crippen LogP contribution in [0.3, 0.4) is 0 Å². The molecule has 1 saturated heterocycles. The van der Waals surface area contributed by atoms with Crippen molar-refractivity contribution in [3.05, 3.63) is 53.3 Å². The van der Waals surface area contributed by atoms with Crippen molar-refractivity contribution in [2.24, 2.45) is 0 Å². The summed E-state index contributed by atoms with van der Waals surface area (Å²) in [7, 11) is 0. The van der Waals surface area contributed by atoms with E-state index in [1.807, 2.05) is 35.2 Å². The Kier molecular flexibility index (Phi) is 5.21. The van der Waals surface area contributed by atoms with E-state index >= 15 is 0 Å². The van der Waals surface area contributed by atoms with Gasteiger partial charge in [-0.05, 0) is 37.7 Å². The molecule has 1 aromatic heterocycles. The highest BCUT2D eigenvalue weighted by molar-refractivity contribution is 6.00. The summed E-state index contributed by atoms with van der Waals surface area (Å²) in [6, 6.07) is 11.3. The number of likely N-dealkylation sites (tertiary alicyclic amines) is 1. The summed E-state index contributed by atoms with van der Waals surface area (Å²) >= 11 is 0. The van der Waals surface area contributed by atoms with Crippen LogP contribution in [0.25, 0.3) is 0 Å². The third-order valence-corrected chi connectivity index (χ3v) is 6.26. The van der Waals surface area contributed by atoms with Crippen molar-refractivity contribution < 1.29 is 14.4 Å². The third kappa shape index (κ3) is 4.06. The fourth-order valence-corrected chi connectivity index (χ4v) is 4.45. The topological polar surface area (TPSA) is 87.5 Å². The van der Waals surface area contributed by atoms with Gasteiger partial charge in [0, 0.05) is 38.3 Å². The number of carbonyl (C=O) groups is 3. The highest BCUT2D eigenvalue weighted by atomic mass is 16.2. The van der Waals surface area contributed by atoms with Crippen LogP contribution in [0.1, 0.15) is 58.6 Å². The molecule has 162 valence electrons. The van der Waals surface area contributed by atoms with Crippen molar-refractivity contribution in [2.75, 3.05) is 13.1 Å². The number of nitrogens with one attached hydrogen (secondary N) is 1. The molecule has 0 radical (unpaired) electrons. The monoisotopic (exact) mass is 421 g/mol. The molecule has 1 atom stereocenters. The molecule has 3 aliphatic rings. The molecule has 1 aliphatic carbocycles. The lowest BCUT2D eigenvalue weighted by Gasteiger charge is -2.23. The number of hydrogen-bond acceptors (Lipinski definition) is 4. The largest absolute Gasteiger partial charge is 0.352 e. The van der Waals surface area contributed by atoms with Crippen LogP contribution < -0.4 is 5.32 Å². The lowest BCUT2D eigenvalue weighted by molar-refractivity contribution is -0.125. The Morgan fingerprint density at radius 2 is 1.84 bits per heavy atom. The molecule has 5 rings (SSSR count). The van der Waals surface area contributed by atoms with Crippen molar-refractivity contribution in [1.29, 1.82) is 0 Å². The number of nitrogens with zero attached hydrogens (tertiary/aromatic N) is 4. The second-order valence-corrected chi connectivity index (χ2v) is 8.64. The lowest BCUT2D eigenvalue weighted by atomic mass is 10.2. The second kappa shape index (κ2) is 8.17. The van der Waals surface area contributed by atoms with E-state index in [4.69, 9.17) is 0 Å². The first-order chi connectivity index (χ1) is 15.1. The highest BCUT2D eigenvalue weighted by Gasteiger charge is 2.38. The normalized spacial score (nSPS) is 21.0. The van der Waals surface area contributed by atoms with Crippen LogP contribution in [0.2, 0.25) is 0 Å². The van der Waals surface area contributed by atoms with Crippen LogP contribution in [-0.4, -0.2) is 62.5 Å². The second-order valence-electron chi connectivity index (χ2n) is 8.64. The summed E-state index contributed by atoms with van der Waals surface area (Å²) in [6.45, 7) is 2.31. The molecule has 3 amide bonds. The van der Waals surface area contributed by atoms with Crippen molar-refractivity contribution in [2.45, 2.75) is 57.3 Å². The van der Waals surface area contributed by atoms with E-state index in [0.29, 0.717) is 38.3 Å². The Morgan fingerprint density at radius 3 is 2.61 bits per heavy atom. The maximum atomic E-state index is 13.2. The maximum Gasteiger partial charge on any atom is 0.275 e.